The molecule has 0 radical (unpaired) electrons. The lowest BCUT2D eigenvalue weighted by atomic mass is 10.3. The van der Waals surface area contributed by atoms with Gasteiger partial charge in [-0.15, -0.1) is 5.10 Å². The van der Waals surface area contributed by atoms with E-state index in [2.05, 4.69) is 17.0 Å². The molecule has 0 saturated carbocycles. The Balaban J connectivity index is 1.90. The summed E-state index contributed by atoms with van der Waals surface area (Å²) >= 11 is 1.79. The van der Waals surface area contributed by atoms with Crippen molar-refractivity contribution in [3.8, 4) is 11.6 Å². The maximum Gasteiger partial charge on any atom is 0.217 e. The Hall–Kier alpha value is -1.28. The number of sulfone groups is 1. The molecule has 0 spiro atoms. The molecule has 3 heterocycles. The molecular formula is C15H21N3O3S2. The lowest BCUT2D eigenvalue weighted by Crippen LogP contribution is -2.15. The van der Waals surface area contributed by atoms with E-state index in [-0.39, 0.29) is 17.5 Å². The predicted molar refractivity (Wildman–Crippen MR) is 91.2 cm³/mol. The fourth-order valence-corrected chi connectivity index (χ4v) is 5.19. The first-order valence-electron chi connectivity index (χ1n) is 7.79. The van der Waals surface area contributed by atoms with Crippen molar-refractivity contribution in [3.05, 3.63) is 23.7 Å². The molecule has 0 N–H and O–H groups in total. The second-order valence-corrected chi connectivity index (χ2v) is 9.15. The topological polar surface area (TPSA) is 78.0 Å². The third kappa shape index (κ3) is 3.80. The SMILES string of the molecule is CCCSCc1nc(-c2ccc(C)o2)nn1[C@@H]1CCS(=O)(=O)C1. The summed E-state index contributed by atoms with van der Waals surface area (Å²) in [6.07, 6.45) is 1.70. The Morgan fingerprint density at radius 2 is 2.26 bits per heavy atom. The number of furan rings is 1. The average Bonchev–Trinajstić information content (AvgIpc) is 3.18. The van der Waals surface area contributed by atoms with Crippen LogP contribution in [0.4, 0.5) is 0 Å². The molecule has 0 amide bonds. The lowest BCUT2D eigenvalue weighted by molar-refractivity contribution is 0.483. The maximum absolute atomic E-state index is 11.8. The van der Waals surface area contributed by atoms with Crippen LogP contribution in [0.25, 0.3) is 11.6 Å². The van der Waals surface area contributed by atoms with Gasteiger partial charge in [0.25, 0.3) is 0 Å². The number of aromatic nitrogens is 3. The Labute approximate surface area is 140 Å². The molecule has 6 nitrogen and oxygen atoms in total. The van der Waals surface area contributed by atoms with Crippen LogP contribution in [0.2, 0.25) is 0 Å². The number of thioether (sulfide) groups is 1. The third-order valence-corrected chi connectivity index (χ3v) is 6.71. The van der Waals surface area contributed by atoms with Gasteiger partial charge in [-0.2, -0.15) is 11.8 Å². The molecule has 1 atom stereocenters. The van der Waals surface area contributed by atoms with Crippen LogP contribution in [-0.4, -0.2) is 40.4 Å². The number of aryl methyl sites for hydroxylation is 1. The van der Waals surface area contributed by atoms with Crippen LogP contribution in [0.3, 0.4) is 0 Å². The Bertz CT molecular complexity index is 780. The molecule has 0 bridgehead atoms. The molecule has 126 valence electrons. The normalized spacial score (nSPS) is 20.2. The van der Waals surface area contributed by atoms with Gasteiger partial charge in [0.1, 0.15) is 11.6 Å². The van der Waals surface area contributed by atoms with Gasteiger partial charge < -0.3 is 4.42 Å². The van der Waals surface area contributed by atoms with E-state index in [1.807, 2.05) is 19.1 Å². The van der Waals surface area contributed by atoms with Gasteiger partial charge >= 0.3 is 0 Å². The van der Waals surface area contributed by atoms with Crippen LogP contribution < -0.4 is 0 Å². The van der Waals surface area contributed by atoms with E-state index in [4.69, 9.17) is 4.42 Å². The van der Waals surface area contributed by atoms with Crippen LogP contribution in [-0.2, 0) is 15.6 Å². The highest BCUT2D eigenvalue weighted by Crippen LogP contribution is 2.28. The smallest absolute Gasteiger partial charge is 0.217 e. The quantitative estimate of drug-likeness (QED) is 0.742. The molecule has 0 aliphatic carbocycles. The van der Waals surface area contributed by atoms with Crippen LogP contribution in [0.15, 0.2) is 16.5 Å². The van der Waals surface area contributed by atoms with E-state index >= 15 is 0 Å². The van der Waals surface area contributed by atoms with Gasteiger partial charge in [0.15, 0.2) is 15.6 Å². The van der Waals surface area contributed by atoms with Crippen LogP contribution in [0, 0.1) is 6.92 Å². The van der Waals surface area contributed by atoms with E-state index in [1.54, 1.807) is 16.4 Å². The minimum Gasteiger partial charge on any atom is -0.458 e. The fraction of sp³-hybridized carbons (Fsp3) is 0.600. The molecule has 23 heavy (non-hydrogen) atoms. The van der Waals surface area contributed by atoms with Gasteiger partial charge in [-0.3, -0.25) is 0 Å². The van der Waals surface area contributed by atoms with Gasteiger partial charge in [-0.05, 0) is 37.7 Å². The van der Waals surface area contributed by atoms with Gasteiger partial charge in [0.2, 0.25) is 5.82 Å². The van der Waals surface area contributed by atoms with Gasteiger partial charge in [0, 0.05) is 0 Å². The van der Waals surface area contributed by atoms with E-state index in [0.717, 1.165) is 29.5 Å². The van der Waals surface area contributed by atoms with E-state index in [0.29, 0.717) is 18.0 Å². The van der Waals surface area contributed by atoms with Crippen molar-refractivity contribution in [2.45, 2.75) is 38.5 Å². The van der Waals surface area contributed by atoms with Crippen molar-refractivity contribution in [2.24, 2.45) is 0 Å². The predicted octanol–water partition coefficient (Wildman–Crippen LogP) is 2.85. The minimum atomic E-state index is -2.96. The maximum atomic E-state index is 11.8. The minimum absolute atomic E-state index is 0.116. The molecule has 1 fully saturated rings. The number of rotatable bonds is 6. The summed E-state index contributed by atoms with van der Waals surface area (Å²) in [5.74, 6) is 4.96. The summed E-state index contributed by atoms with van der Waals surface area (Å²) < 4.78 is 31.0. The zero-order valence-electron chi connectivity index (χ0n) is 13.4. The van der Waals surface area contributed by atoms with E-state index < -0.39 is 9.84 Å². The summed E-state index contributed by atoms with van der Waals surface area (Å²) in [6.45, 7) is 4.01. The van der Waals surface area contributed by atoms with Crippen molar-refractivity contribution >= 4 is 21.6 Å². The van der Waals surface area contributed by atoms with Crippen molar-refractivity contribution in [1.29, 1.82) is 0 Å². The Morgan fingerprint density at radius 1 is 1.43 bits per heavy atom. The Kier molecular flexibility index (Phi) is 4.82. The molecule has 8 heteroatoms. The largest absolute Gasteiger partial charge is 0.458 e. The van der Waals surface area contributed by atoms with Crippen molar-refractivity contribution in [3.63, 3.8) is 0 Å². The first-order valence-corrected chi connectivity index (χ1v) is 10.8. The molecule has 3 rings (SSSR count). The second kappa shape index (κ2) is 6.68. The van der Waals surface area contributed by atoms with Crippen molar-refractivity contribution in [1.82, 2.24) is 14.8 Å². The number of hydrogen-bond donors (Lipinski definition) is 0. The number of hydrogen-bond acceptors (Lipinski definition) is 6. The highest BCUT2D eigenvalue weighted by Gasteiger charge is 2.32. The third-order valence-electron chi connectivity index (χ3n) is 3.80. The molecule has 1 aliphatic rings. The molecular weight excluding hydrogens is 334 g/mol. The molecule has 0 aromatic carbocycles. The zero-order valence-corrected chi connectivity index (χ0v) is 15.0. The van der Waals surface area contributed by atoms with Crippen LogP contribution >= 0.6 is 11.8 Å². The first-order chi connectivity index (χ1) is 11.0. The van der Waals surface area contributed by atoms with Crippen molar-refractivity contribution < 1.29 is 12.8 Å². The summed E-state index contributed by atoms with van der Waals surface area (Å²) in [5.41, 5.74) is 0. The highest BCUT2D eigenvalue weighted by molar-refractivity contribution is 7.98. The number of nitrogens with zero attached hydrogens (tertiary/aromatic N) is 3. The highest BCUT2D eigenvalue weighted by atomic mass is 32.2. The Morgan fingerprint density at radius 3 is 2.87 bits per heavy atom. The second-order valence-electron chi connectivity index (χ2n) is 5.82. The van der Waals surface area contributed by atoms with E-state index in [1.165, 1.54) is 0 Å². The van der Waals surface area contributed by atoms with Crippen molar-refractivity contribution in [2.75, 3.05) is 17.3 Å². The summed E-state index contributed by atoms with van der Waals surface area (Å²) in [6, 6.07) is 3.61. The molecule has 1 aliphatic heterocycles. The standard InChI is InChI=1S/C15H21N3O3S2/c1-3-7-22-9-14-16-15(13-5-4-11(2)21-13)17-18(14)12-6-8-23(19,20)10-12/h4-5,12H,3,6-10H2,1-2H3/t12-/m1/s1. The monoisotopic (exact) mass is 355 g/mol. The summed E-state index contributed by atoms with van der Waals surface area (Å²) in [5, 5.41) is 4.55. The fourth-order valence-electron chi connectivity index (χ4n) is 2.68. The summed E-state index contributed by atoms with van der Waals surface area (Å²) in [7, 11) is -2.96. The lowest BCUT2D eigenvalue weighted by Gasteiger charge is -2.11. The summed E-state index contributed by atoms with van der Waals surface area (Å²) in [4.78, 5) is 4.60. The van der Waals surface area contributed by atoms with Crippen LogP contribution in [0.1, 0.15) is 37.4 Å². The molecule has 2 aromatic heterocycles. The molecule has 2 aromatic rings. The van der Waals surface area contributed by atoms with Crippen LogP contribution in [0.5, 0.6) is 0 Å². The van der Waals surface area contributed by atoms with Gasteiger partial charge in [0.05, 0.1) is 23.3 Å². The average molecular weight is 355 g/mol. The van der Waals surface area contributed by atoms with E-state index in [9.17, 15) is 8.42 Å². The van der Waals surface area contributed by atoms with Gasteiger partial charge in [-0.25, -0.2) is 18.1 Å². The van der Waals surface area contributed by atoms with Gasteiger partial charge in [-0.1, -0.05) is 6.92 Å². The molecule has 1 saturated heterocycles. The zero-order chi connectivity index (χ0) is 16.4. The first kappa shape index (κ1) is 16.6. The molecule has 0 unspecified atom stereocenters.